The molecule has 0 saturated carbocycles. The van der Waals surface area contributed by atoms with E-state index in [0.717, 1.165) is 0 Å². The van der Waals surface area contributed by atoms with E-state index < -0.39 is 17.8 Å². The maximum Gasteiger partial charge on any atom is 0.310 e. The van der Waals surface area contributed by atoms with Crippen LogP contribution in [0.4, 0.5) is 11.4 Å². The fourth-order valence-corrected chi connectivity index (χ4v) is 2.49. The molecule has 0 aliphatic rings. The summed E-state index contributed by atoms with van der Waals surface area (Å²) >= 11 is 6.13. The van der Waals surface area contributed by atoms with Crippen LogP contribution < -0.4 is 10.6 Å². The number of carboxylic acids is 1. The van der Waals surface area contributed by atoms with E-state index in [0.29, 0.717) is 16.9 Å². The highest BCUT2D eigenvalue weighted by molar-refractivity contribution is 6.34. The van der Waals surface area contributed by atoms with Crippen molar-refractivity contribution >= 4 is 40.8 Å². The van der Waals surface area contributed by atoms with Crippen LogP contribution in [0, 0.1) is 5.92 Å². The summed E-state index contributed by atoms with van der Waals surface area (Å²) in [5.74, 6) is -2.47. The minimum absolute atomic E-state index is 0.168. The summed E-state index contributed by atoms with van der Waals surface area (Å²) in [4.78, 5) is 35.6. The van der Waals surface area contributed by atoms with Crippen LogP contribution >= 0.6 is 11.6 Å². The standard InChI is InChI=1S/C20H21ClN2O4/c1-11(2)18(24)22-15-7-8-17(21)16(10-15)19(25)23-14-6-4-5-13(9-14)12(3)20(26)27/h4-12H,1-3H3,(H,22,24)(H,23,25)(H,26,27). The average Bonchev–Trinajstić information content (AvgIpc) is 2.62. The highest BCUT2D eigenvalue weighted by Gasteiger charge is 2.16. The molecule has 0 aliphatic heterocycles. The maximum atomic E-state index is 12.6. The lowest BCUT2D eigenvalue weighted by Crippen LogP contribution is -2.18. The smallest absolute Gasteiger partial charge is 0.310 e. The van der Waals surface area contributed by atoms with Crippen LogP contribution in [0.5, 0.6) is 0 Å². The Morgan fingerprint density at radius 1 is 0.963 bits per heavy atom. The number of carbonyl (C=O) groups excluding carboxylic acids is 2. The van der Waals surface area contributed by atoms with Crippen molar-refractivity contribution < 1.29 is 19.5 Å². The summed E-state index contributed by atoms with van der Waals surface area (Å²) in [5, 5.41) is 14.8. The second kappa shape index (κ2) is 8.68. The van der Waals surface area contributed by atoms with Gasteiger partial charge in [-0.1, -0.05) is 37.6 Å². The minimum Gasteiger partial charge on any atom is -0.481 e. The highest BCUT2D eigenvalue weighted by Crippen LogP contribution is 2.24. The summed E-state index contributed by atoms with van der Waals surface area (Å²) in [5.41, 5.74) is 1.70. The molecular formula is C20H21ClN2O4. The second-order valence-corrected chi connectivity index (χ2v) is 6.89. The molecule has 1 unspecified atom stereocenters. The normalized spacial score (nSPS) is 11.7. The number of carbonyl (C=O) groups is 3. The molecule has 2 rings (SSSR count). The third-order valence-electron chi connectivity index (χ3n) is 4.02. The fourth-order valence-electron chi connectivity index (χ4n) is 2.29. The van der Waals surface area contributed by atoms with E-state index in [-0.39, 0.29) is 22.4 Å². The lowest BCUT2D eigenvalue weighted by Gasteiger charge is -2.12. The molecule has 2 aromatic rings. The zero-order valence-corrected chi connectivity index (χ0v) is 16.0. The monoisotopic (exact) mass is 388 g/mol. The van der Waals surface area contributed by atoms with Crippen LogP contribution in [-0.4, -0.2) is 22.9 Å². The Morgan fingerprint density at radius 2 is 1.63 bits per heavy atom. The van der Waals surface area contributed by atoms with Gasteiger partial charge in [0.05, 0.1) is 16.5 Å². The third-order valence-corrected chi connectivity index (χ3v) is 4.35. The van der Waals surface area contributed by atoms with Gasteiger partial charge in [-0.15, -0.1) is 0 Å². The first kappa shape index (κ1) is 20.5. The summed E-state index contributed by atoms with van der Waals surface area (Å²) in [6.07, 6.45) is 0. The van der Waals surface area contributed by atoms with Crippen molar-refractivity contribution in [1.29, 1.82) is 0 Å². The molecule has 0 saturated heterocycles. The summed E-state index contributed by atoms with van der Waals surface area (Å²) in [6.45, 7) is 5.11. The van der Waals surface area contributed by atoms with Crippen molar-refractivity contribution in [2.24, 2.45) is 5.92 Å². The largest absolute Gasteiger partial charge is 0.481 e. The topological polar surface area (TPSA) is 95.5 Å². The van der Waals surface area contributed by atoms with Gasteiger partial charge in [0, 0.05) is 17.3 Å². The number of nitrogens with one attached hydrogen (secondary N) is 2. The van der Waals surface area contributed by atoms with E-state index in [1.807, 2.05) is 0 Å². The first-order valence-corrected chi connectivity index (χ1v) is 8.81. The lowest BCUT2D eigenvalue weighted by molar-refractivity contribution is -0.138. The van der Waals surface area contributed by atoms with Gasteiger partial charge >= 0.3 is 5.97 Å². The van der Waals surface area contributed by atoms with Crippen LogP contribution in [-0.2, 0) is 9.59 Å². The number of hydrogen-bond donors (Lipinski definition) is 3. The van der Waals surface area contributed by atoms with E-state index in [4.69, 9.17) is 16.7 Å². The molecule has 0 radical (unpaired) electrons. The van der Waals surface area contributed by atoms with E-state index in [1.165, 1.54) is 12.1 Å². The minimum atomic E-state index is -0.949. The molecule has 3 N–H and O–H groups in total. The molecule has 0 spiro atoms. The zero-order valence-electron chi connectivity index (χ0n) is 15.2. The molecule has 0 bridgehead atoms. The van der Waals surface area contributed by atoms with Crippen LogP contribution in [0.15, 0.2) is 42.5 Å². The van der Waals surface area contributed by atoms with Gasteiger partial charge in [0.15, 0.2) is 0 Å². The molecule has 27 heavy (non-hydrogen) atoms. The molecular weight excluding hydrogens is 368 g/mol. The van der Waals surface area contributed by atoms with Crippen molar-refractivity contribution in [3.05, 3.63) is 58.6 Å². The van der Waals surface area contributed by atoms with Crippen LogP contribution in [0.2, 0.25) is 5.02 Å². The molecule has 6 nitrogen and oxygen atoms in total. The van der Waals surface area contributed by atoms with Crippen LogP contribution in [0.25, 0.3) is 0 Å². The number of hydrogen-bond acceptors (Lipinski definition) is 3. The number of amides is 2. The molecule has 7 heteroatoms. The summed E-state index contributed by atoms with van der Waals surface area (Å²) < 4.78 is 0. The van der Waals surface area contributed by atoms with Crippen molar-refractivity contribution in [1.82, 2.24) is 0 Å². The SMILES string of the molecule is CC(C)C(=O)Nc1ccc(Cl)c(C(=O)Nc2cccc(C(C)C(=O)O)c2)c1. The third kappa shape index (κ3) is 5.31. The van der Waals surface area contributed by atoms with Crippen LogP contribution in [0.1, 0.15) is 42.6 Å². The number of anilines is 2. The number of aliphatic carboxylic acids is 1. The molecule has 2 aromatic carbocycles. The first-order valence-electron chi connectivity index (χ1n) is 8.43. The van der Waals surface area contributed by atoms with Gasteiger partial charge in [-0.3, -0.25) is 14.4 Å². The van der Waals surface area contributed by atoms with E-state index in [2.05, 4.69) is 10.6 Å². The van der Waals surface area contributed by atoms with Gasteiger partial charge in [-0.05, 0) is 42.8 Å². The summed E-state index contributed by atoms with van der Waals surface area (Å²) in [6, 6.07) is 11.3. The molecule has 2 amide bonds. The van der Waals surface area contributed by atoms with Crippen molar-refractivity contribution in [2.75, 3.05) is 10.6 Å². The van der Waals surface area contributed by atoms with Gasteiger partial charge < -0.3 is 15.7 Å². The van der Waals surface area contributed by atoms with Gasteiger partial charge in [0.1, 0.15) is 0 Å². The van der Waals surface area contributed by atoms with Crippen LogP contribution in [0.3, 0.4) is 0 Å². The van der Waals surface area contributed by atoms with Gasteiger partial charge in [0.2, 0.25) is 5.91 Å². The van der Waals surface area contributed by atoms with E-state index in [9.17, 15) is 14.4 Å². The Morgan fingerprint density at radius 3 is 2.26 bits per heavy atom. The molecule has 142 valence electrons. The Balaban J connectivity index is 2.22. The quantitative estimate of drug-likeness (QED) is 0.684. The molecule has 0 fully saturated rings. The molecule has 0 aromatic heterocycles. The summed E-state index contributed by atoms with van der Waals surface area (Å²) in [7, 11) is 0. The number of halogens is 1. The molecule has 0 heterocycles. The van der Waals surface area contributed by atoms with Gasteiger partial charge in [-0.25, -0.2) is 0 Å². The Bertz CT molecular complexity index is 880. The Kier molecular flexibility index (Phi) is 6.58. The zero-order chi connectivity index (χ0) is 20.1. The first-order chi connectivity index (χ1) is 12.7. The van der Waals surface area contributed by atoms with Crippen molar-refractivity contribution in [3.63, 3.8) is 0 Å². The van der Waals surface area contributed by atoms with E-state index in [1.54, 1.807) is 51.1 Å². The van der Waals surface area contributed by atoms with E-state index >= 15 is 0 Å². The lowest BCUT2D eigenvalue weighted by atomic mass is 10.0. The van der Waals surface area contributed by atoms with Crippen molar-refractivity contribution in [3.8, 4) is 0 Å². The number of benzene rings is 2. The predicted octanol–water partition coefficient (Wildman–Crippen LogP) is 4.37. The Labute approximate surface area is 162 Å². The van der Waals surface area contributed by atoms with Crippen molar-refractivity contribution in [2.45, 2.75) is 26.7 Å². The Hall–Kier alpha value is -2.86. The predicted molar refractivity (Wildman–Crippen MR) is 105 cm³/mol. The number of rotatable bonds is 6. The average molecular weight is 389 g/mol. The molecule has 0 aliphatic carbocycles. The highest BCUT2D eigenvalue weighted by atomic mass is 35.5. The number of carboxylic acid groups (broad SMARTS) is 1. The molecule has 1 atom stereocenters. The fraction of sp³-hybridized carbons (Fsp3) is 0.250. The maximum absolute atomic E-state index is 12.6. The van der Waals surface area contributed by atoms with Gasteiger partial charge in [0.25, 0.3) is 5.91 Å². The second-order valence-electron chi connectivity index (χ2n) is 6.48. The van der Waals surface area contributed by atoms with Gasteiger partial charge in [-0.2, -0.15) is 0 Å².